The molecule has 2 fully saturated rings. The molecule has 1 N–H and O–H groups in total. The lowest BCUT2D eigenvalue weighted by Crippen LogP contribution is -2.57. The molecule has 2 unspecified atom stereocenters. The number of rotatable bonds is 5. The third-order valence-corrected chi connectivity index (χ3v) is 8.58. The van der Waals surface area contributed by atoms with Crippen molar-refractivity contribution in [2.24, 2.45) is 5.92 Å². The molecule has 39 heavy (non-hydrogen) atoms. The van der Waals surface area contributed by atoms with Crippen LogP contribution >= 0.6 is 11.6 Å². The molecule has 2 amide bonds. The van der Waals surface area contributed by atoms with Crippen LogP contribution < -0.4 is 5.32 Å². The van der Waals surface area contributed by atoms with Crippen LogP contribution in [0.4, 0.5) is 5.69 Å². The number of piperidine rings is 1. The third-order valence-electron chi connectivity index (χ3n) is 8.34. The van der Waals surface area contributed by atoms with E-state index in [1.165, 1.54) is 0 Å². The minimum absolute atomic E-state index is 0.0134. The van der Waals surface area contributed by atoms with Gasteiger partial charge in [-0.25, -0.2) is 0 Å². The Kier molecular flexibility index (Phi) is 8.10. The molecule has 5 rings (SSSR count). The van der Waals surface area contributed by atoms with E-state index in [9.17, 15) is 14.4 Å². The van der Waals surface area contributed by atoms with Crippen LogP contribution in [0.3, 0.4) is 0 Å². The number of nitrogens with one attached hydrogen (secondary N) is 1. The summed E-state index contributed by atoms with van der Waals surface area (Å²) in [6, 6.07) is 13.7. The second-order valence-electron chi connectivity index (χ2n) is 11.4. The number of ketones is 1. The van der Waals surface area contributed by atoms with Crippen molar-refractivity contribution in [3.8, 4) is 0 Å². The van der Waals surface area contributed by atoms with Crippen molar-refractivity contribution in [1.29, 1.82) is 0 Å². The fourth-order valence-electron chi connectivity index (χ4n) is 5.81. The number of carbonyl (C=O) groups is 3. The molecule has 0 saturated carbocycles. The number of benzene rings is 2. The van der Waals surface area contributed by atoms with E-state index in [1.54, 1.807) is 11.1 Å². The first kappa shape index (κ1) is 27.4. The molecule has 3 heterocycles. The quantitative estimate of drug-likeness (QED) is 0.546. The van der Waals surface area contributed by atoms with Gasteiger partial charge in [0.15, 0.2) is 0 Å². The van der Waals surface area contributed by atoms with Gasteiger partial charge in [0.05, 0.1) is 0 Å². The Balaban J connectivity index is 1.24. The summed E-state index contributed by atoms with van der Waals surface area (Å²) in [6.07, 6.45) is 3.82. The molecule has 8 heteroatoms. The Morgan fingerprint density at radius 2 is 1.74 bits per heavy atom. The van der Waals surface area contributed by atoms with E-state index in [0.717, 1.165) is 47.8 Å². The number of likely N-dealkylation sites (tertiary alicyclic amines) is 1. The van der Waals surface area contributed by atoms with Crippen LogP contribution in [0.2, 0.25) is 5.02 Å². The van der Waals surface area contributed by atoms with Crippen molar-refractivity contribution in [2.75, 3.05) is 31.5 Å². The fraction of sp³-hybridized carbons (Fsp3) is 0.452. The summed E-state index contributed by atoms with van der Waals surface area (Å²) >= 11 is 6.18. The minimum atomic E-state index is -0.460. The van der Waals surface area contributed by atoms with Gasteiger partial charge in [-0.2, -0.15) is 0 Å². The normalized spacial score (nSPS) is 22.1. The first-order valence-electron chi connectivity index (χ1n) is 13.9. The zero-order chi connectivity index (χ0) is 27.7. The van der Waals surface area contributed by atoms with Crippen LogP contribution in [0.15, 0.2) is 54.2 Å². The van der Waals surface area contributed by atoms with Crippen molar-refractivity contribution in [2.45, 2.75) is 58.7 Å². The van der Waals surface area contributed by atoms with Crippen molar-refractivity contribution in [3.05, 3.63) is 76.0 Å². The molecule has 206 valence electrons. The standard InChI is InChI=1S/C31H37ClN4O3/c1-20-9-11-34(12-10-20)31(39)29(37)26-15-25-14-24(7-8-28(25)33-16-26)30(38)36-18-21(2)35(17-22(36)3)19-23-5-4-6-27(32)13-23/h4-8,13-14,16,20-22,33H,9-12,15,17-19H2,1-3H3. The number of hydrogen-bond donors (Lipinski definition) is 1. The lowest BCUT2D eigenvalue weighted by atomic mass is 9.94. The van der Waals surface area contributed by atoms with Crippen LogP contribution in [0.5, 0.6) is 0 Å². The number of Topliss-reactive ketones (excluding diaryl/α,β-unsaturated/α-hetero) is 1. The van der Waals surface area contributed by atoms with Crippen molar-refractivity contribution < 1.29 is 14.4 Å². The maximum atomic E-state index is 13.6. The summed E-state index contributed by atoms with van der Waals surface area (Å²) in [5.74, 6) is -0.318. The maximum absolute atomic E-state index is 13.6. The highest BCUT2D eigenvalue weighted by atomic mass is 35.5. The van der Waals surface area contributed by atoms with Gasteiger partial charge in [-0.05, 0) is 74.1 Å². The van der Waals surface area contributed by atoms with Gasteiger partial charge in [-0.3, -0.25) is 19.3 Å². The number of piperazine rings is 1. The van der Waals surface area contributed by atoms with Gasteiger partial charge < -0.3 is 15.1 Å². The average Bonchev–Trinajstić information content (AvgIpc) is 2.93. The van der Waals surface area contributed by atoms with Crippen LogP contribution in [0, 0.1) is 5.92 Å². The molecule has 0 aliphatic carbocycles. The monoisotopic (exact) mass is 548 g/mol. The van der Waals surface area contributed by atoms with Gasteiger partial charge in [-0.1, -0.05) is 30.7 Å². The first-order chi connectivity index (χ1) is 18.7. The minimum Gasteiger partial charge on any atom is -0.361 e. The maximum Gasteiger partial charge on any atom is 0.294 e. The highest BCUT2D eigenvalue weighted by Crippen LogP contribution is 2.28. The van der Waals surface area contributed by atoms with Crippen LogP contribution in [0.25, 0.3) is 0 Å². The molecule has 2 aromatic carbocycles. The zero-order valence-electron chi connectivity index (χ0n) is 23.0. The first-order valence-corrected chi connectivity index (χ1v) is 14.3. The Hall–Kier alpha value is -3.16. The van der Waals surface area contributed by atoms with E-state index in [1.807, 2.05) is 41.3 Å². The molecular weight excluding hydrogens is 512 g/mol. The van der Waals surface area contributed by atoms with Gasteiger partial charge >= 0.3 is 0 Å². The number of anilines is 1. The van der Waals surface area contributed by atoms with E-state index in [4.69, 9.17) is 11.6 Å². The topological polar surface area (TPSA) is 73.0 Å². The lowest BCUT2D eigenvalue weighted by Gasteiger charge is -2.44. The molecule has 3 aliphatic heterocycles. The van der Waals surface area contributed by atoms with Crippen molar-refractivity contribution in [3.63, 3.8) is 0 Å². The number of hydrogen-bond acceptors (Lipinski definition) is 5. The van der Waals surface area contributed by atoms with E-state index >= 15 is 0 Å². The van der Waals surface area contributed by atoms with Gasteiger partial charge in [0.1, 0.15) is 0 Å². The summed E-state index contributed by atoms with van der Waals surface area (Å²) in [5.41, 5.74) is 3.91. The van der Waals surface area contributed by atoms with Crippen LogP contribution in [-0.2, 0) is 22.6 Å². The van der Waals surface area contributed by atoms with Gasteiger partial charge in [0.25, 0.3) is 11.8 Å². The smallest absolute Gasteiger partial charge is 0.294 e. The molecule has 0 aromatic heterocycles. The second kappa shape index (κ2) is 11.5. The summed E-state index contributed by atoms with van der Waals surface area (Å²) in [6.45, 7) is 9.85. The van der Waals surface area contributed by atoms with Gasteiger partial charge in [-0.15, -0.1) is 0 Å². The number of amides is 2. The molecule has 7 nitrogen and oxygen atoms in total. The van der Waals surface area contributed by atoms with E-state index in [0.29, 0.717) is 43.1 Å². The number of halogens is 1. The molecule has 2 atom stereocenters. The summed E-state index contributed by atoms with van der Waals surface area (Å²) in [4.78, 5) is 45.5. The third kappa shape index (κ3) is 6.04. The number of fused-ring (bicyclic) bond motifs is 1. The average molecular weight is 549 g/mol. The van der Waals surface area contributed by atoms with E-state index < -0.39 is 11.7 Å². The second-order valence-corrected chi connectivity index (χ2v) is 11.8. The molecule has 0 radical (unpaired) electrons. The van der Waals surface area contributed by atoms with E-state index in [-0.39, 0.29) is 18.0 Å². The van der Waals surface area contributed by atoms with Crippen LogP contribution in [0.1, 0.15) is 55.1 Å². The van der Waals surface area contributed by atoms with Crippen molar-refractivity contribution in [1.82, 2.24) is 14.7 Å². The van der Waals surface area contributed by atoms with E-state index in [2.05, 4.69) is 37.1 Å². The van der Waals surface area contributed by atoms with Gasteiger partial charge in [0, 0.05) is 79.3 Å². The molecular formula is C31H37ClN4O3. The predicted molar refractivity (Wildman–Crippen MR) is 154 cm³/mol. The predicted octanol–water partition coefficient (Wildman–Crippen LogP) is 4.75. The summed E-state index contributed by atoms with van der Waals surface area (Å²) in [5, 5.41) is 3.89. The molecule has 0 spiro atoms. The Morgan fingerprint density at radius 1 is 0.974 bits per heavy atom. The van der Waals surface area contributed by atoms with Gasteiger partial charge in [0.2, 0.25) is 5.78 Å². The Labute approximate surface area is 235 Å². The number of carbonyl (C=O) groups excluding carboxylic acids is 3. The summed E-state index contributed by atoms with van der Waals surface area (Å²) in [7, 11) is 0. The largest absolute Gasteiger partial charge is 0.361 e. The molecule has 2 aromatic rings. The molecule has 0 bridgehead atoms. The highest BCUT2D eigenvalue weighted by Gasteiger charge is 2.33. The SMILES string of the molecule is CC1CCN(C(=O)C(=O)C2=CNc3ccc(C(=O)N4CC(C)N(Cc5cccc(Cl)c5)CC4C)cc3C2)CC1. The zero-order valence-corrected chi connectivity index (χ0v) is 23.7. The Morgan fingerprint density at radius 3 is 2.49 bits per heavy atom. The summed E-state index contributed by atoms with van der Waals surface area (Å²) < 4.78 is 0. The lowest BCUT2D eigenvalue weighted by molar-refractivity contribution is -0.143. The fourth-order valence-corrected chi connectivity index (χ4v) is 6.02. The van der Waals surface area contributed by atoms with Crippen LogP contribution in [-0.4, -0.2) is 70.6 Å². The molecule has 2 saturated heterocycles. The number of nitrogens with zero attached hydrogens (tertiary/aromatic N) is 3. The highest BCUT2D eigenvalue weighted by molar-refractivity contribution is 6.42. The molecule has 3 aliphatic rings. The van der Waals surface area contributed by atoms with Crippen molar-refractivity contribution >= 4 is 34.9 Å². The Bertz CT molecular complexity index is 1300.